The Hall–Kier alpha value is -2.89. The number of benzene rings is 1. The summed E-state index contributed by atoms with van der Waals surface area (Å²) in [6.45, 7) is 1.82. The van der Waals surface area contributed by atoms with Gasteiger partial charge >= 0.3 is 0 Å². The molecule has 0 spiro atoms. The molecule has 0 unspecified atom stereocenters. The maximum atomic E-state index is 12.6. The molecule has 1 aromatic heterocycles. The van der Waals surface area contributed by atoms with E-state index in [-0.39, 0.29) is 11.8 Å². The van der Waals surface area contributed by atoms with Gasteiger partial charge < -0.3 is 15.1 Å². The fourth-order valence-electron chi connectivity index (χ4n) is 3.16. The molecule has 0 radical (unpaired) electrons. The van der Waals surface area contributed by atoms with E-state index in [4.69, 9.17) is 0 Å². The number of carbonyl (C=O) groups excluding carboxylic acids is 2. The Morgan fingerprint density at radius 2 is 1.96 bits per heavy atom. The van der Waals surface area contributed by atoms with Gasteiger partial charge in [0.1, 0.15) is 5.82 Å². The Balaban J connectivity index is 1.70. The molecule has 6 heteroatoms. The minimum absolute atomic E-state index is 0.158. The van der Waals surface area contributed by atoms with Crippen LogP contribution in [0.25, 0.3) is 0 Å². The van der Waals surface area contributed by atoms with Crippen molar-refractivity contribution in [2.24, 2.45) is 0 Å². The van der Waals surface area contributed by atoms with E-state index in [0.717, 1.165) is 24.1 Å². The van der Waals surface area contributed by atoms with Gasteiger partial charge in [0.25, 0.3) is 5.91 Å². The van der Waals surface area contributed by atoms with Gasteiger partial charge in [-0.05, 0) is 29.7 Å². The summed E-state index contributed by atoms with van der Waals surface area (Å²) in [6, 6.07) is 11.5. The first kappa shape index (κ1) is 17.9. The number of hydrogen-bond donors (Lipinski definition) is 1. The monoisotopic (exact) mass is 352 g/mol. The van der Waals surface area contributed by atoms with Gasteiger partial charge in [-0.3, -0.25) is 9.59 Å². The third-order valence-corrected chi connectivity index (χ3v) is 4.55. The zero-order valence-corrected chi connectivity index (χ0v) is 15.2. The summed E-state index contributed by atoms with van der Waals surface area (Å²) < 4.78 is 0. The van der Waals surface area contributed by atoms with E-state index in [1.807, 2.05) is 48.2 Å². The third kappa shape index (κ3) is 4.02. The Labute approximate surface area is 153 Å². The number of carbonyl (C=O) groups is 2. The van der Waals surface area contributed by atoms with Crippen LogP contribution >= 0.6 is 0 Å². The second-order valence-electron chi connectivity index (χ2n) is 6.64. The molecule has 1 aliphatic heterocycles. The normalized spacial score (nSPS) is 13.8. The zero-order valence-electron chi connectivity index (χ0n) is 15.2. The topological polar surface area (TPSA) is 65.5 Å². The summed E-state index contributed by atoms with van der Waals surface area (Å²) in [4.78, 5) is 32.5. The van der Waals surface area contributed by atoms with Gasteiger partial charge in [0.2, 0.25) is 5.91 Å². The van der Waals surface area contributed by atoms with Crippen LogP contribution < -0.4 is 10.2 Å². The molecule has 0 aliphatic carbocycles. The van der Waals surface area contributed by atoms with Crippen LogP contribution in [-0.4, -0.2) is 42.3 Å². The second-order valence-corrected chi connectivity index (χ2v) is 6.64. The minimum Gasteiger partial charge on any atom is -0.362 e. The van der Waals surface area contributed by atoms with Crippen LogP contribution in [0.4, 0.5) is 5.82 Å². The van der Waals surface area contributed by atoms with Gasteiger partial charge in [0, 0.05) is 46.3 Å². The first-order valence-corrected chi connectivity index (χ1v) is 8.81. The summed E-state index contributed by atoms with van der Waals surface area (Å²) >= 11 is 0. The fourth-order valence-corrected chi connectivity index (χ4v) is 3.16. The van der Waals surface area contributed by atoms with Crippen molar-refractivity contribution in [3.63, 3.8) is 0 Å². The van der Waals surface area contributed by atoms with Gasteiger partial charge in [-0.2, -0.15) is 0 Å². The summed E-state index contributed by atoms with van der Waals surface area (Å²) in [7, 11) is 3.73. The first-order chi connectivity index (χ1) is 12.6. The number of pyridine rings is 1. The predicted octanol–water partition coefficient (Wildman–Crippen LogP) is 2.20. The van der Waals surface area contributed by atoms with Crippen molar-refractivity contribution in [1.82, 2.24) is 15.2 Å². The Morgan fingerprint density at radius 3 is 2.65 bits per heavy atom. The summed E-state index contributed by atoms with van der Waals surface area (Å²) in [6.07, 6.45) is 3.23. The van der Waals surface area contributed by atoms with E-state index in [0.29, 0.717) is 30.9 Å². The number of nitrogens with zero attached hydrogens (tertiary/aromatic N) is 3. The van der Waals surface area contributed by atoms with Crippen LogP contribution in [0.5, 0.6) is 0 Å². The van der Waals surface area contributed by atoms with E-state index in [2.05, 4.69) is 10.3 Å². The molecule has 1 saturated heterocycles. The van der Waals surface area contributed by atoms with Gasteiger partial charge in [0.15, 0.2) is 0 Å². The lowest BCUT2D eigenvalue weighted by atomic mass is 10.1. The highest BCUT2D eigenvalue weighted by molar-refractivity contribution is 5.98. The van der Waals surface area contributed by atoms with Crippen molar-refractivity contribution in [2.45, 2.75) is 25.9 Å². The Morgan fingerprint density at radius 1 is 1.19 bits per heavy atom. The van der Waals surface area contributed by atoms with Crippen LogP contribution in [0.3, 0.4) is 0 Å². The lowest BCUT2D eigenvalue weighted by molar-refractivity contribution is -0.128. The SMILES string of the molecule is CN(C)c1ncccc1C(=O)NCc1ccccc1CN1CCCC1=O. The van der Waals surface area contributed by atoms with Crippen LogP contribution in [0.2, 0.25) is 0 Å². The molecule has 2 amide bonds. The molecule has 0 saturated carbocycles. The molecule has 2 heterocycles. The fraction of sp³-hybridized carbons (Fsp3) is 0.350. The molecule has 1 N–H and O–H groups in total. The van der Waals surface area contributed by atoms with E-state index in [1.165, 1.54) is 0 Å². The van der Waals surface area contributed by atoms with E-state index in [9.17, 15) is 9.59 Å². The quantitative estimate of drug-likeness (QED) is 0.866. The van der Waals surface area contributed by atoms with Crippen LogP contribution in [0, 0.1) is 0 Å². The second kappa shape index (κ2) is 7.99. The standard InChI is InChI=1S/C20H24N4O2/c1-23(2)19-17(9-5-11-21-19)20(26)22-13-15-7-3-4-8-16(15)14-24-12-6-10-18(24)25/h3-5,7-9,11H,6,10,12-14H2,1-2H3,(H,22,26). The lowest BCUT2D eigenvalue weighted by Gasteiger charge is -2.19. The predicted molar refractivity (Wildman–Crippen MR) is 101 cm³/mol. The van der Waals surface area contributed by atoms with Gasteiger partial charge in [-0.1, -0.05) is 24.3 Å². The summed E-state index contributed by atoms with van der Waals surface area (Å²) in [5, 5.41) is 2.98. The highest BCUT2D eigenvalue weighted by Gasteiger charge is 2.21. The van der Waals surface area contributed by atoms with Crippen molar-refractivity contribution in [2.75, 3.05) is 25.5 Å². The molecular weight excluding hydrogens is 328 g/mol. The van der Waals surface area contributed by atoms with Gasteiger partial charge in [-0.25, -0.2) is 4.98 Å². The molecule has 0 bridgehead atoms. The Bertz CT molecular complexity index is 804. The average Bonchev–Trinajstić information content (AvgIpc) is 3.05. The first-order valence-electron chi connectivity index (χ1n) is 8.81. The summed E-state index contributed by atoms with van der Waals surface area (Å²) in [5.74, 6) is 0.685. The third-order valence-electron chi connectivity index (χ3n) is 4.55. The average molecular weight is 352 g/mol. The molecule has 2 aromatic rings. The molecule has 26 heavy (non-hydrogen) atoms. The lowest BCUT2D eigenvalue weighted by Crippen LogP contribution is -2.28. The van der Waals surface area contributed by atoms with Crippen molar-refractivity contribution in [3.8, 4) is 0 Å². The molecular formula is C20H24N4O2. The highest BCUT2D eigenvalue weighted by Crippen LogP contribution is 2.18. The van der Waals surface area contributed by atoms with Gasteiger partial charge in [-0.15, -0.1) is 0 Å². The number of likely N-dealkylation sites (tertiary alicyclic amines) is 1. The van der Waals surface area contributed by atoms with E-state index in [1.54, 1.807) is 18.3 Å². The molecule has 6 nitrogen and oxygen atoms in total. The smallest absolute Gasteiger partial charge is 0.255 e. The van der Waals surface area contributed by atoms with Crippen LogP contribution in [-0.2, 0) is 17.9 Å². The number of hydrogen-bond acceptors (Lipinski definition) is 4. The van der Waals surface area contributed by atoms with Crippen molar-refractivity contribution >= 4 is 17.6 Å². The molecule has 1 aliphatic rings. The van der Waals surface area contributed by atoms with Crippen molar-refractivity contribution < 1.29 is 9.59 Å². The maximum Gasteiger partial charge on any atom is 0.255 e. The summed E-state index contributed by atoms with van der Waals surface area (Å²) in [5.41, 5.74) is 2.64. The highest BCUT2D eigenvalue weighted by atomic mass is 16.2. The molecule has 0 atom stereocenters. The minimum atomic E-state index is -0.158. The van der Waals surface area contributed by atoms with Crippen molar-refractivity contribution in [3.05, 3.63) is 59.3 Å². The molecule has 3 rings (SSSR count). The Kier molecular flexibility index (Phi) is 5.51. The molecule has 1 fully saturated rings. The van der Waals surface area contributed by atoms with Gasteiger partial charge in [0.05, 0.1) is 5.56 Å². The number of aromatic nitrogens is 1. The van der Waals surface area contributed by atoms with Crippen LogP contribution in [0.1, 0.15) is 34.3 Å². The van der Waals surface area contributed by atoms with E-state index >= 15 is 0 Å². The number of amides is 2. The number of rotatable bonds is 6. The molecule has 1 aromatic carbocycles. The number of nitrogens with one attached hydrogen (secondary N) is 1. The van der Waals surface area contributed by atoms with Crippen LogP contribution in [0.15, 0.2) is 42.6 Å². The largest absolute Gasteiger partial charge is 0.362 e. The van der Waals surface area contributed by atoms with E-state index < -0.39 is 0 Å². The maximum absolute atomic E-state index is 12.6. The molecule has 136 valence electrons. The zero-order chi connectivity index (χ0) is 18.5. The number of anilines is 1. The van der Waals surface area contributed by atoms with Crippen molar-refractivity contribution in [1.29, 1.82) is 0 Å².